The molecule has 8 heteroatoms. The summed E-state index contributed by atoms with van der Waals surface area (Å²) in [5, 5.41) is 6.29. The van der Waals surface area contributed by atoms with Gasteiger partial charge in [0.05, 0.1) is 10.6 Å². The van der Waals surface area contributed by atoms with Gasteiger partial charge in [0.25, 0.3) is 10.0 Å². The molecule has 2 N–H and O–H groups in total. The lowest BCUT2D eigenvalue weighted by Crippen LogP contribution is -2.45. The Morgan fingerprint density at radius 3 is 2.62 bits per heavy atom. The normalized spacial score (nSPS) is 17.1. The lowest BCUT2D eigenvalue weighted by atomic mass is 9.97. The van der Waals surface area contributed by atoms with Gasteiger partial charge in [0.2, 0.25) is 5.91 Å². The molecule has 0 bridgehead atoms. The summed E-state index contributed by atoms with van der Waals surface area (Å²) in [6.45, 7) is -0.00753. The maximum absolute atomic E-state index is 12.9. The molecule has 0 atom stereocenters. The minimum Gasteiger partial charge on any atom is -0.337 e. The van der Waals surface area contributed by atoms with E-state index in [9.17, 15) is 18.0 Å². The Kier molecular flexibility index (Phi) is 5.27. The average molecular weight is 413 g/mol. The number of imide groups is 1. The van der Waals surface area contributed by atoms with E-state index in [0.29, 0.717) is 17.6 Å². The number of anilines is 1. The highest BCUT2D eigenvalue weighted by molar-refractivity contribution is 7.93. The summed E-state index contributed by atoms with van der Waals surface area (Å²) in [5.74, 6) is -0.673. The van der Waals surface area contributed by atoms with E-state index in [4.69, 9.17) is 0 Å². The molecular formula is C21H23N3O4S. The summed E-state index contributed by atoms with van der Waals surface area (Å²) < 4.78 is 26.8. The Labute approximate surface area is 169 Å². The average Bonchev–Trinajstić information content (AvgIpc) is 2.92. The molecule has 4 rings (SSSR count). The number of urea groups is 1. The van der Waals surface area contributed by atoms with Crippen molar-refractivity contribution in [2.75, 3.05) is 17.4 Å². The minimum atomic E-state index is -3.83. The molecule has 1 aliphatic carbocycles. The second-order valence-corrected chi connectivity index (χ2v) is 9.14. The van der Waals surface area contributed by atoms with Crippen molar-refractivity contribution in [3.63, 3.8) is 0 Å². The Bertz CT molecular complexity index is 1100. The molecule has 2 aliphatic rings. The summed E-state index contributed by atoms with van der Waals surface area (Å²) in [6.07, 6.45) is 7.50. The van der Waals surface area contributed by atoms with E-state index in [1.807, 2.05) is 12.1 Å². The van der Waals surface area contributed by atoms with Crippen LogP contribution in [0.3, 0.4) is 0 Å². The molecule has 0 saturated heterocycles. The molecule has 1 aliphatic heterocycles. The molecule has 7 nitrogen and oxygen atoms in total. The smallest absolute Gasteiger partial charge is 0.321 e. The van der Waals surface area contributed by atoms with Crippen LogP contribution in [0.1, 0.15) is 32.1 Å². The van der Waals surface area contributed by atoms with Gasteiger partial charge in [-0.2, -0.15) is 0 Å². The number of benzene rings is 2. The largest absolute Gasteiger partial charge is 0.337 e. The maximum Gasteiger partial charge on any atom is 0.321 e. The fourth-order valence-corrected chi connectivity index (χ4v) is 5.60. The van der Waals surface area contributed by atoms with Gasteiger partial charge in [-0.25, -0.2) is 13.2 Å². The van der Waals surface area contributed by atoms with Crippen LogP contribution in [0.25, 0.3) is 10.8 Å². The Morgan fingerprint density at radius 1 is 1.07 bits per heavy atom. The molecule has 2 aromatic rings. The highest BCUT2D eigenvalue weighted by Crippen LogP contribution is 2.41. The van der Waals surface area contributed by atoms with E-state index in [1.54, 1.807) is 18.2 Å². The summed E-state index contributed by atoms with van der Waals surface area (Å²) in [6, 6.07) is 9.68. The van der Waals surface area contributed by atoms with Crippen LogP contribution in [-0.4, -0.2) is 33.4 Å². The maximum atomic E-state index is 12.9. The predicted molar refractivity (Wildman–Crippen MR) is 111 cm³/mol. The van der Waals surface area contributed by atoms with Gasteiger partial charge < -0.3 is 5.32 Å². The molecule has 0 radical (unpaired) electrons. The molecule has 0 unspecified atom stereocenters. The van der Waals surface area contributed by atoms with E-state index >= 15 is 0 Å². The standard InChI is InChI=1S/C21H23N3O4S/c25-19(23-21(26)22-13-12-15-6-2-1-3-7-15)14-24-17-10-4-8-16-9-5-11-18(20(16)17)29(24,27)28/h4-6,8-11H,1-3,7,12-14H2,(H2,22,23,25,26). The topological polar surface area (TPSA) is 95.6 Å². The number of allylic oxidation sites excluding steroid dienone is 1. The van der Waals surface area contributed by atoms with Crippen LogP contribution >= 0.6 is 0 Å². The van der Waals surface area contributed by atoms with Crippen LogP contribution in [0, 0.1) is 0 Å². The molecule has 0 spiro atoms. The van der Waals surface area contributed by atoms with Crippen molar-refractivity contribution in [1.29, 1.82) is 0 Å². The van der Waals surface area contributed by atoms with Crippen LogP contribution in [0.2, 0.25) is 0 Å². The van der Waals surface area contributed by atoms with Gasteiger partial charge in [0, 0.05) is 11.9 Å². The number of hydrogen-bond acceptors (Lipinski definition) is 4. The van der Waals surface area contributed by atoms with Crippen molar-refractivity contribution in [3.05, 3.63) is 48.0 Å². The molecule has 0 fully saturated rings. The zero-order valence-electron chi connectivity index (χ0n) is 16.0. The fraction of sp³-hybridized carbons (Fsp3) is 0.333. The lowest BCUT2D eigenvalue weighted by molar-refractivity contribution is -0.118. The zero-order chi connectivity index (χ0) is 20.4. The number of carbonyl (C=O) groups is 2. The first-order valence-electron chi connectivity index (χ1n) is 9.77. The fourth-order valence-electron chi connectivity index (χ4n) is 3.94. The van der Waals surface area contributed by atoms with Crippen molar-refractivity contribution in [3.8, 4) is 0 Å². The number of nitrogens with one attached hydrogen (secondary N) is 2. The van der Waals surface area contributed by atoms with Crippen LogP contribution in [-0.2, 0) is 14.8 Å². The lowest BCUT2D eigenvalue weighted by Gasteiger charge is -2.18. The highest BCUT2D eigenvalue weighted by Gasteiger charge is 2.36. The van der Waals surface area contributed by atoms with Crippen LogP contribution in [0.5, 0.6) is 0 Å². The van der Waals surface area contributed by atoms with Gasteiger partial charge >= 0.3 is 6.03 Å². The number of rotatable bonds is 5. The molecule has 1 heterocycles. The number of amides is 3. The second-order valence-electron chi connectivity index (χ2n) is 7.31. The molecule has 0 aromatic heterocycles. The zero-order valence-corrected chi connectivity index (χ0v) is 16.8. The van der Waals surface area contributed by atoms with Crippen LogP contribution in [0.4, 0.5) is 10.5 Å². The molecule has 152 valence electrons. The highest BCUT2D eigenvalue weighted by atomic mass is 32.2. The SMILES string of the molecule is O=C(CN1c2cccc3cccc(c23)S1(=O)=O)NC(=O)NCCC1=CCCCC1. The first-order valence-corrected chi connectivity index (χ1v) is 11.2. The molecule has 29 heavy (non-hydrogen) atoms. The number of carbonyl (C=O) groups excluding carboxylic acids is 2. The summed E-state index contributed by atoms with van der Waals surface area (Å²) >= 11 is 0. The van der Waals surface area contributed by atoms with Gasteiger partial charge in [-0.1, -0.05) is 35.9 Å². The molecular weight excluding hydrogens is 390 g/mol. The molecule has 2 aromatic carbocycles. The number of sulfonamides is 1. The van der Waals surface area contributed by atoms with E-state index in [2.05, 4.69) is 16.7 Å². The third kappa shape index (κ3) is 3.85. The second kappa shape index (κ2) is 7.87. The van der Waals surface area contributed by atoms with E-state index < -0.39 is 28.5 Å². The number of nitrogens with zero attached hydrogens (tertiary/aromatic N) is 1. The van der Waals surface area contributed by atoms with Crippen molar-refractivity contribution < 1.29 is 18.0 Å². The summed E-state index contributed by atoms with van der Waals surface area (Å²) in [4.78, 5) is 24.5. The van der Waals surface area contributed by atoms with Crippen LogP contribution in [0.15, 0.2) is 52.9 Å². The Morgan fingerprint density at radius 2 is 1.86 bits per heavy atom. The third-order valence-corrected chi connectivity index (χ3v) is 7.14. The van der Waals surface area contributed by atoms with Crippen molar-refractivity contribution in [1.82, 2.24) is 10.6 Å². The Balaban J connectivity index is 1.38. The van der Waals surface area contributed by atoms with Gasteiger partial charge in [-0.05, 0) is 49.6 Å². The minimum absolute atomic E-state index is 0.184. The molecule has 3 amide bonds. The quantitative estimate of drug-likeness (QED) is 0.737. The third-order valence-electron chi connectivity index (χ3n) is 5.34. The van der Waals surface area contributed by atoms with Gasteiger partial charge in [-0.15, -0.1) is 0 Å². The Hall–Kier alpha value is -2.87. The predicted octanol–water partition coefficient (Wildman–Crippen LogP) is 3.06. The van der Waals surface area contributed by atoms with E-state index in [1.165, 1.54) is 24.5 Å². The van der Waals surface area contributed by atoms with Gasteiger partial charge in [0.15, 0.2) is 0 Å². The summed E-state index contributed by atoms with van der Waals surface area (Å²) in [7, 11) is -3.83. The van der Waals surface area contributed by atoms with Crippen molar-refractivity contribution in [2.45, 2.75) is 37.0 Å². The van der Waals surface area contributed by atoms with Gasteiger partial charge in [-0.3, -0.25) is 14.4 Å². The first-order chi connectivity index (χ1) is 14.0. The van der Waals surface area contributed by atoms with E-state index in [0.717, 1.165) is 29.0 Å². The summed E-state index contributed by atoms with van der Waals surface area (Å²) in [5.41, 5.74) is 1.79. The van der Waals surface area contributed by atoms with E-state index in [-0.39, 0.29) is 4.90 Å². The first kappa shape index (κ1) is 19.4. The number of hydrogen-bond donors (Lipinski definition) is 2. The van der Waals surface area contributed by atoms with Crippen molar-refractivity contribution in [2.24, 2.45) is 0 Å². The molecule has 0 saturated carbocycles. The van der Waals surface area contributed by atoms with Crippen LogP contribution < -0.4 is 14.9 Å². The van der Waals surface area contributed by atoms with Gasteiger partial charge in [0.1, 0.15) is 6.54 Å². The monoisotopic (exact) mass is 413 g/mol. The van der Waals surface area contributed by atoms with Crippen molar-refractivity contribution >= 4 is 38.4 Å².